The summed E-state index contributed by atoms with van der Waals surface area (Å²) in [5.74, 6) is 0. The van der Waals surface area contributed by atoms with E-state index in [0.717, 1.165) is 38.9 Å². The summed E-state index contributed by atoms with van der Waals surface area (Å²) in [5.41, 5.74) is 0. The van der Waals surface area contributed by atoms with Gasteiger partial charge in [-0.15, -0.1) is 0 Å². The van der Waals surface area contributed by atoms with E-state index in [1.54, 1.807) is 14.1 Å². The Morgan fingerprint density at radius 2 is 2.27 bits per heavy atom. The van der Waals surface area contributed by atoms with Gasteiger partial charge in [0, 0.05) is 20.6 Å². The van der Waals surface area contributed by atoms with E-state index < -0.39 is 0 Å². The molecule has 4 nitrogen and oxygen atoms in total. The van der Waals surface area contributed by atoms with Crippen LogP contribution in [-0.4, -0.2) is 55.7 Å². The minimum atomic E-state index is -0.224. The summed E-state index contributed by atoms with van der Waals surface area (Å²) in [6.45, 7) is 5.32. The molecular formula is C11H22N2O2. The predicted molar refractivity (Wildman–Crippen MR) is 59.9 cm³/mol. The van der Waals surface area contributed by atoms with Crippen molar-refractivity contribution in [3.05, 3.63) is 0 Å². The van der Waals surface area contributed by atoms with Crippen molar-refractivity contribution < 1.29 is 9.53 Å². The van der Waals surface area contributed by atoms with Gasteiger partial charge < -0.3 is 9.64 Å². The van der Waals surface area contributed by atoms with Gasteiger partial charge in [-0.3, -0.25) is 4.90 Å². The number of hydrogen-bond acceptors (Lipinski definition) is 3. The van der Waals surface area contributed by atoms with E-state index in [-0.39, 0.29) is 12.2 Å². The molecular weight excluding hydrogens is 192 g/mol. The summed E-state index contributed by atoms with van der Waals surface area (Å²) in [6.07, 6.45) is 3.15. The van der Waals surface area contributed by atoms with Crippen molar-refractivity contribution in [2.45, 2.75) is 32.3 Å². The van der Waals surface area contributed by atoms with Gasteiger partial charge in [-0.25, -0.2) is 4.79 Å². The Morgan fingerprint density at radius 1 is 1.53 bits per heavy atom. The fourth-order valence-electron chi connectivity index (χ4n) is 1.88. The van der Waals surface area contributed by atoms with Gasteiger partial charge >= 0.3 is 6.09 Å². The van der Waals surface area contributed by atoms with E-state index in [0.29, 0.717) is 0 Å². The molecule has 0 aliphatic carbocycles. The standard InChI is InChI=1S/C11H22N2O2/c1-4-7-13-8-5-6-10(9-13)15-11(14)12(2)3/h10H,4-9H2,1-3H3/t10-/m1/s1. The van der Waals surface area contributed by atoms with Crippen LogP contribution in [0.4, 0.5) is 4.79 Å². The zero-order valence-corrected chi connectivity index (χ0v) is 10.0. The fourth-order valence-corrected chi connectivity index (χ4v) is 1.88. The van der Waals surface area contributed by atoms with Crippen molar-refractivity contribution in [3.8, 4) is 0 Å². The number of amides is 1. The molecule has 1 aliphatic rings. The minimum absolute atomic E-state index is 0.0835. The molecule has 88 valence electrons. The lowest BCUT2D eigenvalue weighted by molar-refractivity contribution is 0.0288. The highest BCUT2D eigenvalue weighted by molar-refractivity contribution is 5.66. The highest BCUT2D eigenvalue weighted by Crippen LogP contribution is 2.14. The Balaban J connectivity index is 2.32. The fraction of sp³-hybridized carbons (Fsp3) is 0.909. The molecule has 0 N–H and O–H groups in total. The topological polar surface area (TPSA) is 32.8 Å². The second-order valence-corrected chi connectivity index (χ2v) is 4.34. The van der Waals surface area contributed by atoms with Crippen LogP contribution in [0, 0.1) is 0 Å². The molecule has 1 aliphatic heterocycles. The molecule has 1 fully saturated rings. The van der Waals surface area contributed by atoms with Gasteiger partial charge in [-0.1, -0.05) is 6.92 Å². The van der Waals surface area contributed by atoms with Gasteiger partial charge in [0.1, 0.15) is 6.10 Å². The van der Waals surface area contributed by atoms with Crippen molar-refractivity contribution in [1.82, 2.24) is 9.80 Å². The molecule has 1 atom stereocenters. The molecule has 0 spiro atoms. The number of carbonyl (C=O) groups is 1. The second kappa shape index (κ2) is 5.95. The lowest BCUT2D eigenvalue weighted by Crippen LogP contribution is -2.42. The lowest BCUT2D eigenvalue weighted by atomic mass is 10.1. The van der Waals surface area contributed by atoms with Crippen LogP contribution in [-0.2, 0) is 4.74 Å². The third kappa shape index (κ3) is 4.08. The van der Waals surface area contributed by atoms with Crippen LogP contribution in [0.1, 0.15) is 26.2 Å². The third-order valence-corrected chi connectivity index (χ3v) is 2.63. The number of nitrogens with zero attached hydrogens (tertiary/aromatic N) is 2. The van der Waals surface area contributed by atoms with Crippen molar-refractivity contribution in [1.29, 1.82) is 0 Å². The Morgan fingerprint density at radius 3 is 2.87 bits per heavy atom. The molecule has 0 radical (unpaired) electrons. The Kier molecular flexibility index (Phi) is 4.88. The molecule has 0 aromatic carbocycles. The van der Waals surface area contributed by atoms with Crippen molar-refractivity contribution in [2.24, 2.45) is 0 Å². The van der Waals surface area contributed by atoms with Crippen molar-refractivity contribution in [2.75, 3.05) is 33.7 Å². The molecule has 1 amide bonds. The molecule has 15 heavy (non-hydrogen) atoms. The SMILES string of the molecule is CCCN1CCC[C@@H](OC(=O)N(C)C)C1. The number of likely N-dealkylation sites (tertiary alicyclic amines) is 1. The van der Waals surface area contributed by atoms with Crippen LogP contribution < -0.4 is 0 Å². The number of piperidine rings is 1. The van der Waals surface area contributed by atoms with Crippen LogP contribution in [0.3, 0.4) is 0 Å². The average molecular weight is 214 g/mol. The summed E-state index contributed by atoms with van der Waals surface area (Å²) >= 11 is 0. The first-order valence-corrected chi connectivity index (χ1v) is 5.73. The Labute approximate surface area is 92.2 Å². The number of rotatable bonds is 3. The van der Waals surface area contributed by atoms with Crippen molar-refractivity contribution in [3.63, 3.8) is 0 Å². The predicted octanol–water partition coefficient (Wildman–Crippen LogP) is 1.56. The molecule has 4 heteroatoms. The summed E-state index contributed by atoms with van der Waals surface area (Å²) in [4.78, 5) is 15.2. The zero-order chi connectivity index (χ0) is 11.3. The maximum Gasteiger partial charge on any atom is 0.409 e. The first kappa shape index (κ1) is 12.3. The number of carbonyl (C=O) groups excluding carboxylic acids is 1. The van der Waals surface area contributed by atoms with E-state index in [1.165, 1.54) is 4.90 Å². The molecule has 1 heterocycles. The van der Waals surface area contributed by atoms with Crippen LogP contribution in [0.2, 0.25) is 0 Å². The van der Waals surface area contributed by atoms with Crippen LogP contribution in [0.15, 0.2) is 0 Å². The molecule has 0 bridgehead atoms. The van der Waals surface area contributed by atoms with Crippen LogP contribution in [0.5, 0.6) is 0 Å². The molecule has 0 unspecified atom stereocenters. The van der Waals surface area contributed by atoms with Crippen LogP contribution >= 0.6 is 0 Å². The highest BCUT2D eigenvalue weighted by atomic mass is 16.6. The molecule has 0 aromatic heterocycles. The molecule has 1 saturated heterocycles. The largest absolute Gasteiger partial charge is 0.445 e. The first-order valence-electron chi connectivity index (χ1n) is 5.73. The highest BCUT2D eigenvalue weighted by Gasteiger charge is 2.22. The maximum absolute atomic E-state index is 11.4. The monoisotopic (exact) mass is 214 g/mol. The average Bonchev–Trinajstić information content (AvgIpc) is 2.18. The Hall–Kier alpha value is -0.770. The summed E-state index contributed by atoms with van der Waals surface area (Å²) in [7, 11) is 3.43. The lowest BCUT2D eigenvalue weighted by Gasteiger charge is -2.32. The van der Waals surface area contributed by atoms with E-state index in [2.05, 4.69) is 11.8 Å². The van der Waals surface area contributed by atoms with Gasteiger partial charge in [0.2, 0.25) is 0 Å². The van der Waals surface area contributed by atoms with Crippen molar-refractivity contribution >= 4 is 6.09 Å². The van der Waals surface area contributed by atoms with Gasteiger partial charge in [-0.2, -0.15) is 0 Å². The normalized spacial score (nSPS) is 22.5. The van der Waals surface area contributed by atoms with Gasteiger partial charge in [0.05, 0.1) is 0 Å². The molecule has 0 aromatic rings. The van der Waals surface area contributed by atoms with Gasteiger partial charge in [-0.05, 0) is 32.4 Å². The first-order chi connectivity index (χ1) is 7.13. The third-order valence-electron chi connectivity index (χ3n) is 2.63. The zero-order valence-electron chi connectivity index (χ0n) is 10.0. The van der Waals surface area contributed by atoms with Gasteiger partial charge in [0.15, 0.2) is 0 Å². The smallest absolute Gasteiger partial charge is 0.409 e. The quantitative estimate of drug-likeness (QED) is 0.714. The molecule has 0 saturated carbocycles. The number of hydrogen-bond donors (Lipinski definition) is 0. The van der Waals surface area contributed by atoms with Gasteiger partial charge in [0.25, 0.3) is 0 Å². The Bertz CT molecular complexity index is 205. The van der Waals surface area contributed by atoms with Crippen LogP contribution in [0.25, 0.3) is 0 Å². The molecule has 1 rings (SSSR count). The summed E-state index contributed by atoms with van der Waals surface area (Å²) < 4.78 is 5.37. The summed E-state index contributed by atoms with van der Waals surface area (Å²) in [5, 5.41) is 0. The van der Waals surface area contributed by atoms with E-state index in [1.807, 2.05) is 0 Å². The summed E-state index contributed by atoms with van der Waals surface area (Å²) in [6, 6.07) is 0. The minimum Gasteiger partial charge on any atom is -0.445 e. The van der Waals surface area contributed by atoms with E-state index >= 15 is 0 Å². The second-order valence-electron chi connectivity index (χ2n) is 4.34. The van der Waals surface area contributed by atoms with E-state index in [9.17, 15) is 4.79 Å². The van der Waals surface area contributed by atoms with E-state index in [4.69, 9.17) is 4.74 Å². The number of ether oxygens (including phenoxy) is 1. The maximum atomic E-state index is 11.4.